The highest BCUT2D eigenvalue weighted by Crippen LogP contribution is 2.34. The van der Waals surface area contributed by atoms with Gasteiger partial charge in [0.2, 0.25) is 0 Å². The van der Waals surface area contributed by atoms with Gasteiger partial charge in [-0.05, 0) is 42.8 Å². The van der Waals surface area contributed by atoms with E-state index in [4.69, 9.17) is 10.5 Å². The maximum absolute atomic E-state index is 5.91. The molecule has 0 amide bonds. The summed E-state index contributed by atoms with van der Waals surface area (Å²) in [4.78, 5) is 4.59. The van der Waals surface area contributed by atoms with E-state index in [9.17, 15) is 0 Å². The van der Waals surface area contributed by atoms with E-state index in [-0.39, 0.29) is 0 Å². The Hall–Kier alpha value is -2.29. The number of nitrogens with two attached hydrogens (primary N) is 1. The van der Waals surface area contributed by atoms with Crippen LogP contribution in [-0.4, -0.2) is 0 Å². The zero-order valence-corrected chi connectivity index (χ0v) is 11.1. The first kappa shape index (κ1) is 11.8. The molecular weight excluding hydrogens is 236 g/mol. The molecule has 0 bridgehead atoms. The van der Waals surface area contributed by atoms with Crippen LogP contribution in [0.15, 0.2) is 41.4 Å². The number of hydrogen-bond acceptors (Lipinski definition) is 3. The molecule has 0 aromatic heterocycles. The second-order valence-corrected chi connectivity index (χ2v) is 4.76. The van der Waals surface area contributed by atoms with Gasteiger partial charge in [0.25, 0.3) is 0 Å². The molecule has 0 unspecified atom stereocenters. The third kappa shape index (κ3) is 2.08. The fourth-order valence-corrected chi connectivity index (χ4v) is 2.11. The average Bonchev–Trinajstić information content (AvgIpc) is 2.43. The lowest BCUT2D eigenvalue weighted by Crippen LogP contribution is -2.15. The number of ether oxygens (including phenoxy) is 1. The molecule has 1 aliphatic rings. The van der Waals surface area contributed by atoms with Crippen LogP contribution in [0.3, 0.4) is 0 Å². The van der Waals surface area contributed by atoms with Crippen molar-refractivity contribution in [1.29, 1.82) is 0 Å². The highest BCUT2D eigenvalue weighted by molar-refractivity contribution is 5.62. The standard InChI is InChI=1S/C16H16N2O/c1-3-10(2)11-4-6-13-15(8-11)19-16-9-12(17)5-7-14(16)18-13/h4-9H,3,17H2,1-2H3. The fourth-order valence-electron chi connectivity index (χ4n) is 2.11. The maximum atomic E-state index is 5.91. The van der Waals surface area contributed by atoms with Crippen LogP contribution in [0, 0.1) is 0 Å². The van der Waals surface area contributed by atoms with E-state index in [1.807, 2.05) is 30.3 Å². The van der Waals surface area contributed by atoms with Crippen molar-refractivity contribution in [3.8, 4) is 11.5 Å². The second kappa shape index (κ2) is 4.43. The van der Waals surface area contributed by atoms with Crippen molar-refractivity contribution >= 4 is 16.9 Å². The monoisotopic (exact) mass is 252 g/mol. The summed E-state index contributed by atoms with van der Waals surface area (Å²) in [5, 5.41) is 2.06. The van der Waals surface area contributed by atoms with Gasteiger partial charge in [-0.3, -0.25) is 0 Å². The van der Waals surface area contributed by atoms with Crippen LogP contribution in [0.5, 0.6) is 11.5 Å². The predicted molar refractivity (Wildman–Crippen MR) is 77.2 cm³/mol. The quantitative estimate of drug-likeness (QED) is 0.677. The topological polar surface area (TPSA) is 47.6 Å². The highest BCUT2D eigenvalue weighted by Gasteiger charge is 2.12. The summed E-state index contributed by atoms with van der Waals surface area (Å²) < 4.78 is 5.91. The Morgan fingerprint density at radius 2 is 2.00 bits per heavy atom. The Morgan fingerprint density at radius 1 is 1.16 bits per heavy atom. The molecule has 0 fully saturated rings. The van der Waals surface area contributed by atoms with Crippen molar-refractivity contribution in [2.45, 2.75) is 20.3 Å². The molecule has 0 saturated carbocycles. The first-order valence-electron chi connectivity index (χ1n) is 6.43. The lowest BCUT2D eigenvalue weighted by molar-refractivity contribution is 0.470. The molecule has 2 aromatic carbocycles. The molecule has 0 saturated heterocycles. The third-order valence-corrected chi connectivity index (χ3v) is 3.43. The van der Waals surface area contributed by atoms with Crippen LogP contribution >= 0.6 is 0 Å². The molecule has 2 aromatic rings. The van der Waals surface area contributed by atoms with Gasteiger partial charge in [0.1, 0.15) is 11.0 Å². The lowest BCUT2D eigenvalue weighted by atomic mass is 10.1. The molecule has 19 heavy (non-hydrogen) atoms. The second-order valence-electron chi connectivity index (χ2n) is 4.76. The number of hydrogen-bond donors (Lipinski definition) is 1. The van der Waals surface area contributed by atoms with E-state index in [2.05, 4.69) is 24.9 Å². The van der Waals surface area contributed by atoms with Crippen LogP contribution in [0.4, 0.5) is 11.4 Å². The number of fused-ring (bicyclic) bond motifs is 2. The normalized spacial score (nSPS) is 13.8. The molecule has 0 atom stereocenters. The van der Waals surface area contributed by atoms with Gasteiger partial charge in [0.15, 0.2) is 11.5 Å². The number of benzene rings is 2. The summed E-state index contributed by atoms with van der Waals surface area (Å²) in [6, 6.07) is 11.7. The molecule has 2 N–H and O–H groups in total. The highest BCUT2D eigenvalue weighted by atomic mass is 16.5. The Bertz CT molecular complexity index is 763. The van der Waals surface area contributed by atoms with E-state index in [0.717, 1.165) is 29.0 Å². The summed E-state index contributed by atoms with van der Waals surface area (Å²) in [5.41, 5.74) is 8.62. The van der Waals surface area contributed by atoms with Gasteiger partial charge in [-0.15, -0.1) is 0 Å². The van der Waals surface area contributed by atoms with Gasteiger partial charge in [0, 0.05) is 11.8 Å². The summed E-state index contributed by atoms with van der Waals surface area (Å²) in [6.07, 6.45) is 1.03. The first-order chi connectivity index (χ1) is 9.17. The molecule has 1 heterocycles. The molecule has 0 radical (unpaired) electrons. The minimum Gasteiger partial charge on any atom is -0.453 e. The third-order valence-electron chi connectivity index (χ3n) is 3.43. The smallest absolute Gasteiger partial charge is 0.155 e. The van der Waals surface area contributed by atoms with Gasteiger partial charge in [0.05, 0.1) is 0 Å². The largest absolute Gasteiger partial charge is 0.453 e. The molecule has 96 valence electrons. The summed E-state index contributed by atoms with van der Waals surface area (Å²) in [6.45, 7) is 4.28. The lowest BCUT2D eigenvalue weighted by Gasteiger charge is -2.14. The van der Waals surface area contributed by atoms with E-state index >= 15 is 0 Å². The molecule has 0 spiro atoms. The van der Waals surface area contributed by atoms with Crippen LogP contribution in [0.2, 0.25) is 0 Å². The molecule has 1 aliphatic heterocycles. The van der Waals surface area contributed by atoms with E-state index in [1.165, 1.54) is 10.8 Å². The number of nitrogens with zero attached hydrogens (tertiary/aromatic N) is 1. The zero-order chi connectivity index (χ0) is 13.4. The first-order valence-corrected chi connectivity index (χ1v) is 6.43. The maximum Gasteiger partial charge on any atom is 0.155 e. The van der Waals surface area contributed by atoms with Crippen molar-refractivity contribution in [2.75, 3.05) is 5.73 Å². The van der Waals surface area contributed by atoms with Crippen LogP contribution < -0.4 is 21.0 Å². The summed E-state index contributed by atoms with van der Waals surface area (Å²) in [5.74, 6) is 1.52. The minimum absolute atomic E-state index is 0.685. The van der Waals surface area contributed by atoms with Crippen molar-refractivity contribution in [2.24, 2.45) is 4.99 Å². The predicted octanol–water partition coefficient (Wildman–Crippen LogP) is 2.91. The van der Waals surface area contributed by atoms with E-state index < -0.39 is 0 Å². The Morgan fingerprint density at radius 3 is 2.79 bits per heavy atom. The molecule has 3 rings (SSSR count). The Kier molecular flexibility index (Phi) is 2.75. The van der Waals surface area contributed by atoms with Crippen molar-refractivity contribution in [1.82, 2.24) is 0 Å². The van der Waals surface area contributed by atoms with Gasteiger partial charge >= 0.3 is 0 Å². The number of rotatable bonds is 1. The van der Waals surface area contributed by atoms with Crippen LogP contribution in [0.25, 0.3) is 5.57 Å². The number of nitrogen functional groups attached to an aromatic ring is 1. The molecule has 3 heteroatoms. The molecular formula is C16H16N2O. The number of anilines is 1. The van der Waals surface area contributed by atoms with E-state index in [0.29, 0.717) is 5.69 Å². The van der Waals surface area contributed by atoms with Gasteiger partial charge in [-0.1, -0.05) is 18.6 Å². The van der Waals surface area contributed by atoms with Crippen molar-refractivity contribution in [3.63, 3.8) is 0 Å². The molecule has 0 aliphatic carbocycles. The van der Waals surface area contributed by atoms with Crippen LogP contribution in [-0.2, 0) is 0 Å². The summed E-state index contributed by atoms with van der Waals surface area (Å²) >= 11 is 0. The summed E-state index contributed by atoms with van der Waals surface area (Å²) in [7, 11) is 0. The van der Waals surface area contributed by atoms with E-state index in [1.54, 1.807) is 0 Å². The van der Waals surface area contributed by atoms with Crippen molar-refractivity contribution in [3.05, 3.63) is 47.0 Å². The fraction of sp³-hybridized carbons (Fsp3) is 0.188. The van der Waals surface area contributed by atoms with Gasteiger partial charge < -0.3 is 10.5 Å². The Labute approximate surface area is 112 Å². The molecule has 3 nitrogen and oxygen atoms in total. The van der Waals surface area contributed by atoms with Crippen molar-refractivity contribution < 1.29 is 4.74 Å². The minimum atomic E-state index is 0.685. The SMILES string of the molecule is CCC(C)=c1ccc2c(c1)Oc1cc(N)ccc1N=2. The van der Waals surface area contributed by atoms with Crippen LogP contribution in [0.1, 0.15) is 20.3 Å². The van der Waals surface area contributed by atoms with Gasteiger partial charge in [-0.25, -0.2) is 4.99 Å². The zero-order valence-electron chi connectivity index (χ0n) is 11.1. The average molecular weight is 252 g/mol. The van der Waals surface area contributed by atoms with Gasteiger partial charge in [-0.2, -0.15) is 0 Å². The Balaban J connectivity index is 2.21.